The van der Waals surface area contributed by atoms with Gasteiger partial charge in [0.2, 0.25) is 5.91 Å². The zero-order valence-electron chi connectivity index (χ0n) is 10.7. The van der Waals surface area contributed by atoms with Crippen molar-refractivity contribution in [2.24, 2.45) is 0 Å². The fourth-order valence-corrected chi connectivity index (χ4v) is 2.40. The first kappa shape index (κ1) is 11.7. The summed E-state index contributed by atoms with van der Waals surface area (Å²) in [5.74, 6) is 0.608. The molecule has 1 aromatic heterocycles. The third kappa shape index (κ3) is 2.05. The molecule has 1 amide bonds. The molecular formula is C15H15N3O. The number of benzene rings is 1. The monoisotopic (exact) mass is 253 g/mol. The lowest BCUT2D eigenvalue weighted by atomic mass is 10.00. The van der Waals surface area contributed by atoms with E-state index in [1.807, 2.05) is 42.5 Å². The molecule has 96 valence electrons. The van der Waals surface area contributed by atoms with Gasteiger partial charge in [0.15, 0.2) is 0 Å². The van der Waals surface area contributed by atoms with Crippen LogP contribution in [0.25, 0.3) is 0 Å². The zero-order chi connectivity index (χ0) is 13.2. The van der Waals surface area contributed by atoms with Crippen LogP contribution < -0.4 is 10.2 Å². The Kier molecular flexibility index (Phi) is 2.91. The van der Waals surface area contributed by atoms with E-state index in [1.54, 1.807) is 18.1 Å². The first-order chi connectivity index (χ1) is 9.27. The molecule has 0 bridgehead atoms. The lowest BCUT2D eigenvalue weighted by Crippen LogP contribution is -2.33. The molecule has 1 aliphatic heterocycles. The molecule has 1 aromatic carbocycles. The molecule has 1 N–H and O–H groups in total. The molecule has 2 heterocycles. The largest absolute Gasteiger partial charge is 0.384 e. The van der Waals surface area contributed by atoms with E-state index in [1.165, 1.54) is 0 Å². The van der Waals surface area contributed by atoms with Crippen molar-refractivity contribution in [3.63, 3.8) is 0 Å². The lowest BCUT2D eigenvalue weighted by molar-refractivity contribution is -0.119. The van der Waals surface area contributed by atoms with E-state index < -0.39 is 0 Å². The Morgan fingerprint density at radius 3 is 2.84 bits per heavy atom. The third-order valence-corrected chi connectivity index (χ3v) is 3.45. The van der Waals surface area contributed by atoms with E-state index in [0.717, 1.165) is 11.3 Å². The molecule has 0 saturated heterocycles. The second-order valence-corrected chi connectivity index (χ2v) is 4.61. The summed E-state index contributed by atoms with van der Waals surface area (Å²) in [7, 11) is 1.77. The molecule has 0 saturated carbocycles. The Labute approximate surface area is 112 Å². The molecule has 1 unspecified atom stereocenters. The van der Waals surface area contributed by atoms with Crippen molar-refractivity contribution in [1.29, 1.82) is 0 Å². The van der Waals surface area contributed by atoms with Gasteiger partial charge >= 0.3 is 0 Å². The van der Waals surface area contributed by atoms with Crippen LogP contribution in [0.3, 0.4) is 0 Å². The molecule has 4 nitrogen and oxygen atoms in total. The van der Waals surface area contributed by atoms with Gasteiger partial charge in [0.1, 0.15) is 5.82 Å². The van der Waals surface area contributed by atoms with Crippen LogP contribution >= 0.6 is 0 Å². The molecule has 3 rings (SSSR count). The van der Waals surface area contributed by atoms with Gasteiger partial charge in [0, 0.05) is 25.5 Å². The van der Waals surface area contributed by atoms with Crippen molar-refractivity contribution in [2.75, 3.05) is 23.8 Å². The van der Waals surface area contributed by atoms with Crippen molar-refractivity contribution in [1.82, 2.24) is 4.98 Å². The highest BCUT2D eigenvalue weighted by Gasteiger charge is 2.30. The minimum absolute atomic E-state index is 0.0659. The number of rotatable bonds is 2. The van der Waals surface area contributed by atoms with Crippen LogP contribution in [0.15, 0.2) is 48.7 Å². The molecule has 19 heavy (non-hydrogen) atoms. The average molecular weight is 253 g/mol. The topological polar surface area (TPSA) is 45.2 Å². The highest BCUT2D eigenvalue weighted by molar-refractivity contribution is 5.99. The highest BCUT2D eigenvalue weighted by Crippen LogP contribution is 2.32. The van der Waals surface area contributed by atoms with Gasteiger partial charge in [0.05, 0.1) is 5.92 Å². The first-order valence-electron chi connectivity index (χ1n) is 6.29. The quantitative estimate of drug-likeness (QED) is 0.893. The summed E-state index contributed by atoms with van der Waals surface area (Å²) in [5.41, 5.74) is 2.12. The average Bonchev–Trinajstić information content (AvgIpc) is 2.90. The molecule has 2 aromatic rings. The number of likely N-dealkylation sites (N-methyl/N-ethyl adjacent to an activating group) is 1. The summed E-state index contributed by atoms with van der Waals surface area (Å²) >= 11 is 0. The molecule has 1 aliphatic rings. The van der Waals surface area contributed by atoms with Gasteiger partial charge in [-0.15, -0.1) is 0 Å². The van der Waals surface area contributed by atoms with Crippen LogP contribution in [0.4, 0.5) is 11.5 Å². The number of pyridine rings is 1. The standard InChI is InChI=1S/C15H15N3O/c1-18(14-8-4-5-9-16-14)15(19)12-10-17-13-7-3-2-6-11(12)13/h2-9,12,17H,10H2,1H3. The summed E-state index contributed by atoms with van der Waals surface area (Å²) in [6.07, 6.45) is 1.69. The molecule has 1 atom stereocenters. The van der Waals surface area contributed by atoms with E-state index >= 15 is 0 Å². The maximum Gasteiger partial charge on any atom is 0.237 e. The lowest BCUT2D eigenvalue weighted by Gasteiger charge is -2.20. The molecule has 0 radical (unpaired) electrons. The molecule has 0 aliphatic carbocycles. The Balaban J connectivity index is 1.86. The smallest absolute Gasteiger partial charge is 0.237 e. The fourth-order valence-electron chi connectivity index (χ4n) is 2.40. The number of fused-ring (bicyclic) bond motifs is 1. The normalized spacial score (nSPS) is 16.6. The van der Waals surface area contributed by atoms with Crippen molar-refractivity contribution < 1.29 is 4.79 Å². The summed E-state index contributed by atoms with van der Waals surface area (Å²) in [6.45, 7) is 0.648. The number of nitrogens with zero attached hydrogens (tertiary/aromatic N) is 2. The van der Waals surface area contributed by atoms with Gasteiger partial charge in [-0.2, -0.15) is 0 Å². The van der Waals surface area contributed by atoms with E-state index in [0.29, 0.717) is 12.4 Å². The number of hydrogen-bond acceptors (Lipinski definition) is 3. The number of para-hydroxylation sites is 1. The van der Waals surface area contributed by atoms with Crippen molar-refractivity contribution in [3.8, 4) is 0 Å². The minimum atomic E-state index is -0.136. The van der Waals surface area contributed by atoms with Crippen LogP contribution in [-0.4, -0.2) is 24.5 Å². The van der Waals surface area contributed by atoms with Gasteiger partial charge in [-0.25, -0.2) is 4.98 Å². The summed E-state index contributed by atoms with van der Waals surface area (Å²) < 4.78 is 0. The number of carbonyl (C=O) groups is 1. The van der Waals surface area contributed by atoms with Gasteiger partial charge in [0.25, 0.3) is 0 Å². The number of amides is 1. The fraction of sp³-hybridized carbons (Fsp3) is 0.200. The van der Waals surface area contributed by atoms with E-state index in [-0.39, 0.29) is 11.8 Å². The van der Waals surface area contributed by atoms with Gasteiger partial charge in [-0.05, 0) is 23.8 Å². The van der Waals surface area contributed by atoms with Gasteiger partial charge in [-0.3, -0.25) is 9.69 Å². The highest BCUT2D eigenvalue weighted by atomic mass is 16.2. The SMILES string of the molecule is CN(C(=O)C1CNc2ccccc21)c1ccccn1. The van der Waals surface area contributed by atoms with E-state index in [9.17, 15) is 4.79 Å². The molecule has 0 fully saturated rings. The number of nitrogens with one attached hydrogen (secondary N) is 1. The summed E-state index contributed by atoms with van der Waals surface area (Å²) in [4.78, 5) is 18.4. The Bertz CT molecular complexity index is 597. The molecular weight excluding hydrogens is 238 g/mol. The number of anilines is 2. The Morgan fingerprint density at radius 2 is 2.05 bits per heavy atom. The van der Waals surface area contributed by atoms with Crippen molar-refractivity contribution >= 4 is 17.4 Å². The van der Waals surface area contributed by atoms with E-state index in [2.05, 4.69) is 10.3 Å². The Morgan fingerprint density at radius 1 is 1.26 bits per heavy atom. The van der Waals surface area contributed by atoms with Crippen LogP contribution in [0.5, 0.6) is 0 Å². The predicted molar refractivity (Wildman–Crippen MR) is 75.3 cm³/mol. The zero-order valence-corrected chi connectivity index (χ0v) is 10.7. The predicted octanol–water partition coefficient (Wildman–Crippen LogP) is 2.25. The minimum Gasteiger partial charge on any atom is -0.384 e. The molecule has 0 spiro atoms. The number of hydrogen-bond donors (Lipinski definition) is 1. The van der Waals surface area contributed by atoms with Crippen LogP contribution in [0.1, 0.15) is 11.5 Å². The second kappa shape index (κ2) is 4.72. The third-order valence-electron chi connectivity index (χ3n) is 3.45. The number of aromatic nitrogens is 1. The van der Waals surface area contributed by atoms with Crippen molar-refractivity contribution in [2.45, 2.75) is 5.92 Å². The van der Waals surface area contributed by atoms with Gasteiger partial charge < -0.3 is 5.32 Å². The molecule has 4 heteroatoms. The first-order valence-corrected chi connectivity index (χ1v) is 6.29. The van der Waals surface area contributed by atoms with Crippen molar-refractivity contribution in [3.05, 3.63) is 54.2 Å². The van der Waals surface area contributed by atoms with Gasteiger partial charge in [-0.1, -0.05) is 24.3 Å². The number of carbonyl (C=O) groups excluding carboxylic acids is 1. The van der Waals surface area contributed by atoms with Crippen LogP contribution in [-0.2, 0) is 4.79 Å². The summed E-state index contributed by atoms with van der Waals surface area (Å²) in [5, 5.41) is 3.27. The van der Waals surface area contributed by atoms with Crippen LogP contribution in [0, 0.1) is 0 Å². The van der Waals surface area contributed by atoms with Crippen LogP contribution in [0.2, 0.25) is 0 Å². The maximum atomic E-state index is 12.6. The second-order valence-electron chi connectivity index (χ2n) is 4.61. The van der Waals surface area contributed by atoms with E-state index in [4.69, 9.17) is 0 Å². The summed E-state index contributed by atoms with van der Waals surface area (Å²) in [6, 6.07) is 13.5. The Hall–Kier alpha value is -2.36. The maximum absolute atomic E-state index is 12.6.